The Labute approximate surface area is 111 Å². The molecule has 1 saturated heterocycles. The van der Waals surface area contributed by atoms with Crippen molar-refractivity contribution in [1.82, 2.24) is 0 Å². The highest BCUT2D eigenvalue weighted by molar-refractivity contribution is 9.10. The average Bonchev–Trinajstić information content (AvgIpc) is 2.90. The molecule has 2 aliphatic rings. The fourth-order valence-electron chi connectivity index (χ4n) is 3.24. The quantitative estimate of drug-likeness (QED) is 0.903. The number of halogens is 1. The van der Waals surface area contributed by atoms with Crippen LogP contribution in [0.25, 0.3) is 0 Å². The number of anilines is 1. The van der Waals surface area contributed by atoms with Crippen molar-refractivity contribution in [3.05, 3.63) is 28.2 Å². The van der Waals surface area contributed by atoms with Crippen molar-refractivity contribution in [1.29, 1.82) is 0 Å². The number of fused-ring (bicyclic) bond motifs is 2. The van der Waals surface area contributed by atoms with Crippen LogP contribution in [0, 0.1) is 5.92 Å². The van der Waals surface area contributed by atoms with Crippen molar-refractivity contribution in [2.45, 2.75) is 38.3 Å². The first-order chi connectivity index (χ1) is 8.15. The van der Waals surface area contributed by atoms with Gasteiger partial charge >= 0.3 is 0 Å². The summed E-state index contributed by atoms with van der Waals surface area (Å²) in [5, 5.41) is 9.58. The number of hydrogen-bond acceptors (Lipinski definition) is 2. The molecule has 0 amide bonds. The number of hydrogen-bond donors (Lipinski definition) is 1. The third-order valence-electron chi connectivity index (χ3n) is 4.17. The van der Waals surface area contributed by atoms with Gasteiger partial charge in [-0.1, -0.05) is 6.07 Å². The van der Waals surface area contributed by atoms with E-state index in [1.54, 1.807) is 6.92 Å². The smallest absolute Gasteiger partial charge is 0.0762 e. The summed E-state index contributed by atoms with van der Waals surface area (Å²) in [7, 11) is 0. The number of nitrogens with zero attached hydrogens (tertiary/aromatic N) is 1. The lowest BCUT2D eigenvalue weighted by Gasteiger charge is -2.30. The Morgan fingerprint density at radius 3 is 2.76 bits per heavy atom. The van der Waals surface area contributed by atoms with Gasteiger partial charge in [0.2, 0.25) is 0 Å². The molecule has 92 valence electrons. The summed E-state index contributed by atoms with van der Waals surface area (Å²) in [4.78, 5) is 2.53. The van der Waals surface area contributed by atoms with E-state index in [-0.39, 0.29) is 0 Å². The van der Waals surface area contributed by atoms with Gasteiger partial charge in [-0.3, -0.25) is 0 Å². The molecule has 0 spiro atoms. The average molecular weight is 296 g/mol. The number of benzene rings is 1. The molecule has 3 rings (SSSR count). The molecule has 1 N–H and O–H groups in total. The van der Waals surface area contributed by atoms with Crippen molar-refractivity contribution < 1.29 is 5.11 Å². The van der Waals surface area contributed by atoms with Crippen LogP contribution in [-0.2, 0) is 0 Å². The summed E-state index contributed by atoms with van der Waals surface area (Å²) in [5.41, 5.74) is 2.27. The van der Waals surface area contributed by atoms with E-state index in [9.17, 15) is 5.11 Å². The molecule has 1 heterocycles. The van der Waals surface area contributed by atoms with Crippen LogP contribution in [-0.4, -0.2) is 17.7 Å². The number of aliphatic hydroxyl groups excluding tert-OH is 1. The SMILES string of the molecule is C[C@@H](O)c1ccc(N2CC3CCC2C3)c(Br)c1. The van der Waals surface area contributed by atoms with Crippen molar-refractivity contribution in [2.75, 3.05) is 11.4 Å². The molecule has 2 bridgehead atoms. The summed E-state index contributed by atoms with van der Waals surface area (Å²) in [6.07, 6.45) is 3.72. The van der Waals surface area contributed by atoms with Gasteiger partial charge < -0.3 is 10.0 Å². The van der Waals surface area contributed by atoms with Crippen LogP contribution in [0.1, 0.15) is 37.9 Å². The second kappa shape index (κ2) is 4.29. The van der Waals surface area contributed by atoms with E-state index in [1.807, 2.05) is 12.1 Å². The summed E-state index contributed by atoms with van der Waals surface area (Å²) in [6, 6.07) is 6.98. The fraction of sp³-hybridized carbons (Fsp3) is 0.571. The number of rotatable bonds is 2. The first-order valence-corrected chi connectivity index (χ1v) is 7.18. The van der Waals surface area contributed by atoms with Crippen LogP contribution >= 0.6 is 15.9 Å². The van der Waals surface area contributed by atoms with Gasteiger partial charge in [-0.15, -0.1) is 0 Å². The van der Waals surface area contributed by atoms with Crippen LogP contribution in [0.4, 0.5) is 5.69 Å². The second-order valence-electron chi connectivity index (χ2n) is 5.37. The second-order valence-corrected chi connectivity index (χ2v) is 6.23. The van der Waals surface area contributed by atoms with Crippen molar-refractivity contribution in [2.24, 2.45) is 5.92 Å². The van der Waals surface area contributed by atoms with Gasteiger partial charge in [0.15, 0.2) is 0 Å². The van der Waals surface area contributed by atoms with Crippen molar-refractivity contribution in [3.8, 4) is 0 Å². The normalized spacial score (nSPS) is 28.8. The highest BCUT2D eigenvalue weighted by Gasteiger charge is 2.38. The standard InChI is InChI=1S/C14H18BrNO/c1-9(17)11-3-5-14(13(15)7-11)16-8-10-2-4-12(16)6-10/h3,5,7,9-10,12,17H,2,4,6,8H2,1H3/t9-,10?,12?/m1/s1. The summed E-state index contributed by atoms with van der Waals surface area (Å²) in [5.74, 6) is 0.906. The number of piperidine rings is 1. The van der Waals surface area contributed by atoms with Gasteiger partial charge in [0, 0.05) is 17.1 Å². The highest BCUT2D eigenvalue weighted by Crippen LogP contribution is 2.42. The lowest BCUT2D eigenvalue weighted by Crippen LogP contribution is -2.32. The topological polar surface area (TPSA) is 23.5 Å². The van der Waals surface area contributed by atoms with Crippen LogP contribution in [0.3, 0.4) is 0 Å². The van der Waals surface area contributed by atoms with Crippen LogP contribution in [0.15, 0.2) is 22.7 Å². The molecular formula is C14H18BrNO. The molecule has 2 nitrogen and oxygen atoms in total. The van der Waals surface area contributed by atoms with Gasteiger partial charge in [0.05, 0.1) is 11.8 Å². The molecule has 0 aromatic heterocycles. The van der Waals surface area contributed by atoms with E-state index in [1.165, 1.54) is 31.5 Å². The fourth-order valence-corrected chi connectivity index (χ4v) is 3.86. The molecule has 1 aromatic rings. The van der Waals surface area contributed by atoms with E-state index in [4.69, 9.17) is 0 Å². The molecule has 2 fully saturated rings. The molecular weight excluding hydrogens is 278 g/mol. The zero-order valence-electron chi connectivity index (χ0n) is 10.1. The van der Waals surface area contributed by atoms with Gasteiger partial charge in [-0.05, 0) is 65.7 Å². The summed E-state index contributed by atoms with van der Waals surface area (Å²) in [6.45, 7) is 3.01. The minimum atomic E-state index is -0.393. The van der Waals surface area contributed by atoms with Crippen LogP contribution < -0.4 is 4.90 Å². The molecule has 17 heavy (non-hydrogen) atoms. The maximum Gasteiger partial charge on any atom is 0.0762 e. The van der Waals surface area contributed by atoms with E-state index in [2.05, 4.69) is 26.9 Å². The highest BCUT2D eigenvalue weighted by atomic mass is 79.9. The molecule has 1 aromatic carbocycles. The molecule has 2 unspecified atom stereocenters. The predicted octanol–water partition coefficient (Wildman–Crippen LogP) is 3.49. The van der Waals surface area contributed by atoms with Gasteiger partial charge in [-0.2, -0.15) is 0 Å². The van der Waals surface area contributed by atoms with Crippen molar-refractivity contribution >= 4 is 21.6 Å². The molecule has 1 aliphatic heterocycles. The zero-order valence-corrected chi connectivity index (χ0v) is 11.7. The predicted molar refractivity (Wildman–Crippen MR) is 73.3 cm³/mol. The van der Waals surface area contributed by atoms with E-state index in [0.29, 0.717) is 0 Å². The van der Waals surface area contributed by atoms with E-state index in [0.717, 1.165) is 22.0 Å². The molecule has 0 radical (unpaired) electrons. The largest absolute Gasteiger partial charge is 0.389 e. The van der Waals surface area contributed by atoms with Crippen LogP contribution in [0.2, 0.25) is 0 Å². The molecule has 3 atom stereocenters. The van der Waals surface area contributed by atoms with Crippen LogP contribution in [0.5, 0.6) is 0 Å². The van der Waals surface area contributed by atoms with Gasteiger partial charge in [-0.25, -0.2) is 0 Å². The third kappa shape index (κ3) is 2.00. The first-order valence-electron chi connectivity index (χ1n) is 6.39. The van der Waals surface area contributed by atoms with E-state index < -0.39 is 6.10 Å². The third-order valence-corrected chi connectivity index (χ3v) is 4.81. The Morgan fingerprint density at radius 1 is 1.41 bits per heavy atom. The van der Waals surface area contributed by atoms with Gasteiger partial charge in [0.1, 0.15) is 0 Å². The Morgan fingerprint density at radius 2 is 2.24 bits per heavy atom. The zero-order chi connectivity index (χ0) is 12.0. The van der Waals surface area contributed by atoms with E-state index >= 15 is 0 Å². The maximum atomic E-state index is 9.58. The Hall–Kier alpha value is -0.540. The lowest BCUT2D eigenvalue weighted by molar-refractivity contribution is 0.199. The maximum absolute atomic E-state index is 9.58. The van der Waals surface area contributed by atoms with Gasteiger partial charge in [0.25, 0.3) is 0 Å². The molecule has 3 heteroatoms. The number of aliphatic hydroxyl groups is 1. The minimum Gasteiger partial charge on any atom is -0.389 e. The Bertz CT molecular complexity index is 432. The minimum absolute atomic E-state index is 0.393. The molecule has 1 aliphatic carbocycles. The molecule has 1 saturated carbocycles. The Balaban J connectivity index is 1.89. The summed E-state index contributed by atoms with van der Waals surface area (Å²) < 4.78 is 1.11. The van der Waals surface area contributed by atoms with Crippen molar-refractivity contribution in [3.63, 3.8) is 0 Å². The summed E-state index contributed by atoms with van der Waals surface area (Å²) >= 11 is 3.64. The Kier molecular flexibility index (Phi) is 2.91. The lowest BCUT2D eigenvalue weighted by atomic mass is 10.1. The first kappa shape index (κ1) is 11.5. The monoisotopic (exact) mass is 295 g/mol.